The monoisotopic (exact) mass is 634 g/mol. The third-order valence-corrected chi connectivity index (χ3v) is 8.96. The number of hydrogen-bond donors (Lipinski definition) is 3. The second kappa shape index (κ2) is 12.1. The molecule has 1 fully saturated rings. The summed E-state index contributed by atoms with van der Waals surface area (Å²) >= 11 is 2.87. The van der Waals surface area contributed by atoms with Gasteiger partial charge in [0.1, 0.15) is 11.4 Å². The lowest BCUT2D eigenvalue weighted by Crippen LogP contribution is -2.71. The number of rotatable bonds is 9. The highest BCUT2D eigenvalue weighted by molar-refractivity contribution is 8.00. The summed E-state index contributed by atoms with van der Waals surface area (Å²) in [5.74, 6) is -3.27. The van der Waals surface area contributed by atoms with E-state index in [-0.39, 0.29) is 30.6 Å². The minimum atomic E-state index is -1.50. The number of nitrogen functional groups attached to an aromatic ring is 1. The maximum Gasteiger partial charge on any atom is 0.433 e. The molecule has 3 aromatic heterocycles. The molecule has 2 atom stereocenters. The largest absolute Gasteiger partial charge is 0.543 e. The van der Waals surface area contributed by atoms with Crippen LogP contribution in [0.3, 0.4) is 0 Å². The van der Waals surface area contributed by atoms with Crippen LogP contribution < -0.4 is 26.0 Å². The molecular formula is C27H22N8O7S2. The van der Waals surface area contributed by atoms with Crippen LogP contribution in [0.2, 0.25) is 0 Å². The molecule has 44 heavy (non-hydrogen) atoms. The molecule has 3 amide bonds. The molecule has 224 valence electrons. The second-order valence-electron chi connectivity index (χ2n) is 9.57. The number of carboxylic acid groups (broad SMARTS) is 1. The number of carbonyl (C=O) groups excluding carboxylic acids is 4. The van der Waals surface area contributed by atoms with E-state index in [1.54, 1.807) is 35.6 Å². The number of aliphatic carboxylic acids is 1. The molecule has 0 radical (unpaired) electrons. The molecule has 4 aromatic rings. The lowest BCUT2D eigenvalue weighted by atomic mass is 10.0. The van der Waals surface area contributed by atoms with E-state index in [1.165, 1.54) is 11.8 Å². The van der Waals surface area contributed by atoms with Crippen molar-refractivity contribution in [1.29, 1.82) is 0 Å². The maximum atomic E-state index is 13.2. The van der Waals surface area contributed by atoms with Crippen LogP contribution in [0.15, 0.2) is 81.2 Å². The van der Waals surface area contributed by atoms with Crippen LogP contribution in [0, 0.1) is 0 Å². The van der Waals surface area contributed by atoms with Crippen molar-refractivity contribution in [2.45, 2.75) is 24.5 Å². The number of oxime groups is 1. The molecule has 1 aromatic carbocycles. The number of aromatic nitrogens is 3. The number of pyridine rings is 1. The van der Waals surface area contributed by atoms with Crippen LogP contribution in [-0.4, -0.2) is 61.8 Å². The molecule has 0 spiro atoms. The number of carbonyl (C=O) groups is 4. The molecule has 2 aliphatic heterocycles. The van der Waals surface area contributed by atoms with E-state index in [0.29, 0.717) is 5.57 Å². The smallest absolute Gasteiger partial charge is 0.433 e. The zero-order valence-electron chi connectivity index (χ0n) is 22.5. The van der Waals surface area contributed by atoms with Gasteiger partial charge in [0.05, 0.1) is 17.1 Å². The molecule has 2 aliphatic rings. The molecule has 0 saturated carbocycles. The van der Waals surface area contributed by atoms with E-state index in [1.807, 2.05) is 40.5 Å². The number of carboxylic acids is 1. The third-order valence-electron chi connectivity index (χ3n) is 6.72. The first-order valence-corrected chi connectivity index (χ1v) is 14.9. The lowest BCUT2D eigenvalue weighted by Gasteiger charge is -2.50. The molecule has 6 rings (SSSR count). The van der Waals surface area contributed by atoms with Gasteiger partial charge in [0.25, 0.3) is 11.8 Å². The summed E-state index contributed by atoms with van der Waals surface area (Å²) in [6.45, 7) is 0.365. The van der Waals surface area contributed by atoms with Gasteiger partial charge in [-0.1, -0.05) is 40.6 Å². The Hall–Kier alpha value is -5.29. The number of thiophene rings is 1. The molecule has 2 unspecified atom stereocenters. The first-order chi connectivity index (χ1) is 21.3. The van der Waals surface area contributed by atoms with E-state index in [2.05, 4.69) is 25.9 Å². The van der Waals surface area contributed by atoms with Crippen LogP contribution in [0.25, 0.3) is 10.1 Å². The fourth-order valence-corrected chi connectivity index (χ4v) is 6.78. The van der Waals surface area contributed by atoms with Crippen LogP contribution in [-0.2, 0) is 32.3 Å². The van der Waals surface area contributed by atoms with Gasteiger partial charge in [0.2, 0.25) is 11.5 Å². The Bertz CT molecular complexity index is 1840. The normalized spacial score (nSPS) is 18.0. The van der Waals surface area contributed by atoms with E-state index < -0.39 is 46.8 Å². The van der Waals surface area contributed by atoms with Gasteiger partial charge in [-0.25, -0.2) is 9.36 Å². The Balaban J connectivity index is 1.16. The van der Waals surface area contributed by atoms with E-state index in [9.17, 15) is 24.3 Å². The fourth-order valence-electron chi connectivity index (χ4n) is 4.68. The molecule has 5 heterocycles. The predicted molar refractivity (Wildman–Crippen MR) is 154 cm³/mol. The van der Waals surface area contributed by atoms with Crippen molar-refractivity contribution < 1.29 is 38.2 Å². The average molecular weight is 635 g/mol. The average Bonchev–Trinajstić information content (AvgIpc) is 3.67. The van der Waals surface area contributed by atoms with Crippen molar-refractivity contribution in [2.75, 3.05) is 11.5 Å². The van der Waals surface area contributed by atoms with Crippen LogP contribution in [0.4, 0.5) is 10.8 Å². The number of nitrogens with two attached hydrogens (primary N) is 1. The van der Waals surface area contributed by atoms with Crippen molar-refractivity contribution in [2.24, 2.45) is 5.16 Å². The summed E-state index contributed by atoms with van der Waals surface area (Å²) in [7, 11) is 0. The van der Waals surface area contributed by atoms with Gasteiger partial charge in [-0.3, -0.25) is 19.3 Å². The first kappa shape index (κ1) is 28.8. The van der Waals surface area contributed by atoms with Crippen LogP contribution in [0.1, 0.15) is 11.4 Å². The number of anilines is 1. The molecule has 0 bridgehead atoms. The summed E-state index contributed by atoms with van der Waals surface area (Å²) in [4.78, 5) is 60.6. The number of amides is 3. The first-order valence-electron chi connectivity index (χ1n) is 13.0. The molecule has 4 N–H and O–H groups in total. The number of benzene rings is 1. The van der Waals surface area contributed by atoms with Crippen molar-refractivity contribution in [3.8, 4) is 0 Å². The number of nitrogens with one attached hydrogen (secondary N) is 2. The second-order valence-corrected chi connectivity index (χ2v) is 11.6. The summed E-state index contributed by atoms with van der Waals surface area (Å²) in [6, 6.07) is 11.4. The van der Waals surface area contributed by atoms with Crippen molar-refractivity contribution in [3.63, 3.8) is 0 Å². The number of nitrogens with zero attached hydrogens (tertiary/aromatic N) is 5. The zero-order valence-corrected chi connectivity index (χ0v) is 24.2. The highest BCUT2D eigenvalue weighted by Crippen LogP contribution is 2.40. The minimum absolute atomic E-state index is 0.133. The van der Waals surface area contributed by atoms with Crippen molar-refractivity contribution >= 4 is 68.8 Å². The fraction of sp³-hybridized carbons (Fsp3) is 0.185. The zero-order chi connectivity index (χ0) is 30.8. The van der Waals surface area contributed by atoms with Crippen LogP contribution in [0.5, 0.6) is 0 Å². The SMILES string of the molecule is Nc1nc(/C(=N\OC(=O)NCc2ccccc2)C(=O)NC2C(=O)N3C(C(=O)[O-])=C(C[n+]4ccc5sccc5c4)CSC23)no1. The Labute approximate surface area is 256 Å². The van der Waals surface area contributed by atoms with E-state index >= 15 is 0 Å². The standard InChI is InChI=1S/C27H22N8O7S2/c28-26-31-21(33-41-26)18(32-42-27(40)29-10-14-4-2-1-3-5-14)22(36)30-19-23(37)35-20(25(38)39)16(13-44-24(19)35)12-34-8-6-17-15(11-34)7-9-43-17/h1-9,11,19,24H,10,12-13H2,(H4-,28,29,30,31,33,36,38,39,40)/b32-18+. The summed E-state index contributed by atoms with van der Waals surface area (Å²) < 4.78 is 7.65. The number of β-lactam (4-membered cyclic amide) rings is 1. The summed E-state index contributed by atoms with van der Waals surface area (Å²) in [5.41, 5.74) is 5.94. The summed E-state index contributed by atoms with van der Waals surface area (Å²) in [6.07, 6.45) is 2.77. The van der Waals surface area contributed by atoms with Crippen molar-refractivity contribution in [3.05, 3.63) is 82.9 Å². The number of fused-ring (bicyclic) bond motifs is 2. The molecule has 15 nitrogen and oxygen atoms in total. The van der Waals surface area contributed by atoms with Gasteiger partial charge in [-0.15, -0.1) is 23.1 Å². The van der Waals surface area contributed by atoms with Gasteiger partial charge in [0, 0.05) is 28.6 Å². The van der Waals surface area contributed by atoms with Crippen molar-refractivity contribution in [1.82, 2.24) is 25.7 Å². The Morgan fingerprint density at radius 3 is 2.80 bits per heavy atom. The van der Waals surface area contributed by atoms with Gasteiger partial charge >= 0.3 is 12.1 Å². The van der Waals surface area contributed by atoms with Crippen LogP contribution >= 0.6 is 23.1 Å². The number of hydrogen-bond acceptors (Lipinski definition) is 13. The van der Waals surface area contributed by atoms with Gasteiger partial charge < -0.3 is 30.8 Å². The Kier molecular flexibility index (Phi) is 7.95. The Morgan fingerprint density at radius 2 is 2.05 bits per heavy atom. The minimum Gasteiger partial charge on any atom is -0.543 e. The highest BCUT2D eigenvalue weighted by atomic mass is 32.2. The van der Waals surface area contributed by atoms with Gasteiger partial charge in [-0.2, -0.15) is 4.98 Å². The summed E-state index contributed by atoms with van der Waals surface area (Å²) in [5, 5.41) is 26.6. The quantitative estimate of drug-likeness (QED) is 0.0727. The maximum absolute atomic E-state index is 13.2. The van der Waals surface area contributed by atoms with Gasteiger partial charge in [0.15, 0.2) is 18.9 Å². The Morgan fingerprint density at radius 1 is 1.23 bits per heavy atom. The highest BCUT2D eigenvalue weighted by Gasteiger charge is 2.53. The van der Waals surface area contributed by atoms with Gasteiger partial charge in [-0.05, 0) is 17.0 Å². The van der Waals surface area contributed by atoms with E-state index in [4.69, 9.17) is 15.1 Å². The van der Waals surface area contributed by atoms with E-state index in [0.717, 1.165) is 20.5 Å². The molecular weight excluding hydrogens is 612 g/mol. The topological polar surface area (TPSA) is 209 Å². The third kappa shape index (κ3) is 5.82. The predicted octanol–water partition coefficient (Wildman–Crippen LogP) is -0.111. The number of thioether (sulfide) groups is 1. The molecule has 0 aliphatic carbocycles. The molecule has 17 heteroatoms. The lowest BCUT2D eigenvalue weighted by molar-refractivity contribution is -0.687. The molecule has 1 saturated heterocycles.